The van der Waals surface area contributed by atoms with Crippen LogP contribution in [-0.2, 0) is 0 Å². The number of nitro benzene ring substituents is 1. The normalized spacial score (nSPS) is 12.1. The van der Waals surface area contributed by atoms with Gasteiger partial charge in [-0.05, 0) is 183 Å². The SMILES string of the molecule is C.C=Cc1ccc(O)cc1C=C.Cc1ccc(-c2ccc3ccccc3c2)cc1.Cc1ccc(C2CCCCC2)cc1.Cc1ccc(N2CCCCC2)cc1.Cc1ccc([N+](=O)[O-])cc1.Oc1ccc(Oc2ccccc2)cc1.Oc1ccccc1. The number of phenolic OH excluding ortho intramolecular Hbond substituents is 3. The van der Waals surface area contributed by atoms with E-state index in [-0.39, 0.29) is 24.6 Å². The van der Waals surface area contributed by atoms with Crippen molar-refractivity contribution in [2.75, 3.05) is 18.0 Å². The van der Waals surface area contributed by atoms with Gasteiger partial charge in [0.25, 0.3) is 5.69 Å². The van der Waals surface area contributed by atoms with E-state index in [0.717, 1.165) is 28.4 Å². The van der Waals surface area contributed by atoms with Crippen LogP contribution in [-0.4, -0.2) is 33.3 Å². The number of phenols is 3. The molecule has 0 aromatic heterocycles. The summed E-state index contributed by atoms with van der Waals surface area (Å²) in [5.74, 6) is 3.18. The summed E-state index contributed by atoms with van der Waals surface area (Å²) in [5.41, 5.74) is 12.6. The zero-order valence-corrected chi connectivity index (χ0v) is 49.8. The van der Waals surface area contributed by atoms with Crippen LogP contribution in [0.5, 0.6) is 28.7 Å². The number of hydrogen-bond donors (Lipinski definition) is 3. The van der Waals surface area contributed by atoms with Crippen LogP contribution in [0, 0.1) is 37.8 Å². The molecule has 1 saturated carbocycles. The van der Waals surface area contributed by atoms with Gasteiger partial charge in [0.2, 0.25) is 0 Å². The lowest BCUT2D eigenvalue weighted by Crippen LogP contribution is -2.29. The van der Waals surface area contributed by atoms with Crippen LogP contribution in [0.1, 0.15) is 104 Å². The number of aromatic hydroxyl groups is 3. The molecule has 1 aliphatic carbocycles. The lowest BCUT2D eigenvalue weighted by Gasteiger charge is -2.28. The zero-order chi connectivity index (χ0) is 60.6. The summed E-state index contributed by atoms with van der Waals surface area (Å²) in [6.07, 6.45) is 14.7. The van der Waals surface area contributed by atoms with Gasteiger partial charge in [-0.1, -0.05) is 226 Å². The van der Waals surface area contributed by atoms with Crippen molar-refractivity contribution in [3.05, 3.63) is 305 Å². The Morgan fingerprint density at radius 1 is 0.453 bits per heavy atom. The van der Waals surface area contributed by atoms with E-state index in [4.69, 9.17) is 20.1 Å². The largest absolute Gasteiger partial charge is 0.508 e. The van der Waals surface area contributed by atoms with E-state index in [0.29, 0.717) is 11.5 Å². The molecule has 444 valence electrons. The molecule has 1 heterocycles. The molecule has 3 N–H and O–H groups in total. The van der Waals surface area contributed by atoms with Crippen molar-refractivity contribution in [1.29, 1.82) is 0 Å². The van der Waals surface area contributed by atoms with Crippen LogP contribution in [0.15, 0.2) is 256 Å². The second kappa shape index (κ2) is 36.8. The molecule has 0 bridgehead atoms. The number of hydrogen-bond acceptors (Lipinski definition) is 7. The first-order valence-electron chi connectivity index (χ1n) is 29.3. The first-order valence-corrected chi connectivity index (χ1v) is 29.3. The average molecular weight is 1150 g/mol. The van der Waals surface area contributed by atoms with Gasteiger partial charge in [0.05, 0.1) is 4.92 Å². The number of anilines is 1. The Hall–Kier alpha value is -9.66. The Balaban J connectivity index is 0.000000185. The standard InChI is InChI=1S/C17H14.C13H18.C12H17N.C12H10O2.C10H10O.C7H7NO2.C6H6O.CH4/c1-13-6-8-15(9-7-13)17-11-10-14-4-2-3-5-16(14)12-17;1-11-7-9-13(10-8-11)12-5-3-2-4-6-12;1-11-5-7-12(8-6-11)13-9-3-2-4-10-13;13-10-6-8-12(9-7-10)14-11-4-2-1-3-5-11;1-3-8-5-6-10(11)7-9(8)4-2;1-6-2-4-7(5-3-6)8(9)10;7-6-4-2-1-3-5-6;/h2-12H,1H3;7-10,12H,2-6H2,1H3;5-8H,2-4,9-10H2,1H3;1-9,13H;3-7,11H,1-2H2;2-5H,1H3;1-5,7H;1H4. The molecule has 1 saturated heterocycles. The number of ether oxygens (including phenoxy) is 1. The summed E-state index contributed by atoms with van der Waals surface area (Å²) >= 11 is 0. The lowest BCUT2D eigenvalue weighted by molar-refractivity contribution is -0.384. The van der Waals surface area contributed by atoms with Crippen molar-refractivity contribution in [1.82, 2.24) is 0 Å². The number of non-ortho nitro benzene ring substituents is 1. The molecule has 10 aromatic carbocycles. The van der Waals surface area contributed by atoms with Gasteiger partial charge in [-0.25, -0.2) is 0 Å². The highest BCUT2D eigenvalue weighted by atomic mass is 16.6. The van der Waals surface area contributed by atoms with Crippen LogP contribution in [0.25, 0.3) is 34.1 Å². The Bertz CT molecular complexity index is 3460. The fraction of sp³-hybridized carbons (Fsp3) is 0.205. The first kappa shape index (κ1) is 67.1. The van der Waals surface area contributed by atoms with E-state index < -0.39 is 4.92 Å². The third kappa shape index (κ3) is 23.9. The van der Waals surface area contributed by atoms with Gasteiger partial charge < -0.3 is 25.0 Å². The molecule has 2 fully saturated rings. The monoisotopic (exact) mass is 1150 g/mol. The Labute approximate surface area is 511 Å². The fourth-order valence-corrected chi connectivity index (χ4v) is 9.46. The molecule has 0 spiro atoms. The van der Waals surface area contributed by atoms with Crippen molar-refractivity contribution >= 4 is 34.3 Å². The van der Waals surface area contributed by atoms with Crippen LogP contribution < -0.4 is 9.64 Å². The first-order chi connectivity index (χ1) is 41.3. The maximum absolute atomic E-state index is 10.1. The summed E-state index contributed by atoms with van der Waals surface area (Å²) in [6, 6.07) is 78.1. The van der Waals surface area contributed by atoms with Gasteiger partial charge in [0.15, 0.2) is 0 Å². The number of aryl methyl sites for hydroxylation is 4. The molecule has 0 unspecified atom stereocenters. The number of piperidine rings is 1. The summed E-state index contributed by atoms with van der Waals surface area (Å²) < 4.78 is 5.52. The van der Waals surface area contributed by atoms with Crippen molar-refractivity contribution < 1.29 is 25.0 Å². The second-order valence-corrected chi connectivity index (χ2v) is 21.1. The molecule has 0 amide bonds. The minimum absolute atomic E-state index is 0. The van der Waals surface area contributed by atoms with Crippen molar-refractivity contribution in [2.45, 2.75) is 92.4 Å². The Morgan fingerprint density at radius 3 is 1.44 bits per heavy atom. The Kier molecular flexibility index (Phi) is 28.7. The highest BCUT2D eigenvalue weighted by Gasteiger charge is 2.15. The lowest BCUT2D eigenvalue weighted by atomic mass is 9.84. The number of nitrogens with zero attached hydrogens (tertiary/aromatic N) is 2. The predicted molar refractivity (Wildman–Crippen MR) is 364 cm³/mol. The molecule has 10 aromatic rings. The van der Waals surface area contributed by atoms with E-state index in [2.05, 4.69) is 154 Å². The molecular weight excluding hydrogens is 1060 g/mol. The van der Waals surface area contributed by atoms with E-state index in [9.17, 15) is 10.1 Å². The van der Waals surface area contributed by atoms with Crippen LogP contribution >= 0.6 is 0 Å². The van der Waals surface area contributed by atoms with E-state index in [1.807, 2.05) is 43.3 Å². The maximum atomic E-state index is 10.1. The summed E-state index contributed by atoms with van der Waals surface area (Å²) in [7, 11) is 0. The van der Waals surface area contributed by atoms with Gasteiger partial charge in [0.1, 0.15) is 28.7 Å². The smallest absolute Gasteiger partial charge is 0.269 e. The predicted octanol–water partition coefficient (Wildman–Crippen LogP) is 21.6. The van der Waals surface area contributed by atoms with Crippen LogP contribution in [0.2, 0.25) is 0 Å². The third-order valence-electron chi connectivity index (χ3n) is 14.4. The summed E-state index contributed by atoms with van der Waals surface area (Å²) in [5, 5.41) is 39.5. The molecule has 8 heteroatoms. The van der Waals surface area contributed by atoms with E-state index >= 15 is 0 Å². The number of benzene rings is 10. The third-order valence-corrected chi connectivity index (χ3v) is 14.4. The van der Waals surface area contributed by atoms with Gasteiger partial charge in [0, 0.05) is 30.9 Å². The maximum Gasteiger partial charge on any atom is 0.269 e. The molecular formula is C78H86N2O6. The van der Waals surface area contributed by atoms with E-state index in [1.165, 1.54) is 121 Å². The van der Waals surface area contributed by atoms with Crippen molar-refractivity contribution in [2.24, 2.45) is 0 Å². The summed E-state index contributed by atoms with van der Waals surface area (Å²) in [6.45, 7) is 18.0. The minimum Gasteiger partial charge on any atom is -0.508 e. The van der Waals surface area contributed by atoms with E-state index in [1.54, 1.807) is 96.6 Å². The molecule has 1 aliphatic heterocycles. The number of para-hydroxylation sites is 2. The van der Waals surface area contributed by atoms with Crippen molar-refractivity contribution in [3.63, 3.8) is 0 Å². The van der Waals surface area contributed by atoms with Gasteiger partial charge in [-0.15, -0.1) is 0 Å². The highest BCUT2D eigenvalue weighted by molar-refractivity contribution is 5.87. The van der Waals surface area contributed by atoms with Gasteiger partial charge in [-0.2, -0.15) is 0 Å². The van der Waals surface area contributed by atoms with Gasteiger partial charge in [-0.3, -0.25) is 10.1 Å². The minimum atomic E-state index is -0.403. The molecule has 12 rings (SSSR count). The zero-order valence-electron chi connectivity index (χ0n) is 49.8. The molecule has 0 radical (unpaired) electrons. The number of nitro groups is 1. The molecule has 0 atom stereocenters. The van der Waals surface area contributed by atoms with Gasteiger partial charge >= 0.3 is 0 Å². The fourth-order valence-electron chi connectivity index (χ4n) is 9.46. The second-order valence-electron chi connectivity index (χ2n) is 21.1. The van der Waals surface area contributed by atoms with Crippen LogP contribution in [0.4, 0.5) is 11.4 Å². The molecule has 86 heavy (non-hydrogen) atoms. The average Bonchev–Trinajstić information content (AvgIpc) is 3.69. The quantitative estimate of drug-likeness (QED) is 0.102. The summed E-state index contributed by atoms with van der Waals surface area (Å²) in [4.78, 5) is 12.2. The molecule has 2 aliphatic rings. The molecule has 8 nitrogen and oxygen atoms in total. The number of fused-ring (bicyclic) bond motifs is 1. The Morgan fingerprint density at radius 2 is 0.907 bits per heavy atom. The highest BCUT2D eigenvalue weighted by Crippen LogP contribution is 2.33. The topological polar surface area (TPSA) is 116 Å². The van der Waals surface area contributed by atoms with Crippen LogP contribution in [0.3, 0.4) is 0 Å². The van der Waals surface area contributed by atoms with Crippen molar-refractivity contribution in [3.8, 4) is 39.9 Å². The number of rotatable bonds is 8.